The number of carbonyl (C=O) groups excluding carboxylic acids is 2. The van der Waals surface area contributed by atoms with Crippen LogP contribution in [0.3, 0.4) is 0 Å². The fourth-order valence-electron chi connectivity index (χ4n) is 5.03. The zero-order valence-corrected chi connectivity index (χ0v) is 20.9. The predicted molar refractivity (Wildman–Crippen MR) is 126 cm³/mol. The van der Waals surface area contributed by atoms with Gasteiger partial charge in [0.25, 0.3) is 0 Å². The van der Waals surface area contributed by atoms with E-state index in [2.05, 4.69) is 50.3 Å². The molecular formula is C25H29IO5. The molecule has 0 aromatic heterocycles. The predicted octanol–water partition coefficient (Wildman–Crippen LogP) is 5.80. The Morgan fingerprint density at radius 2 is 1.52 bits per heavy atom. The second-order valence-corrected chi connectivity index (χ2v) is 11.5. The summed E-state index contributed by atoms with van der Waals surface area (Å²) in [5.41, 5.74) is 1.60. The molecule has 0 unspecified atom stereocenters. The van der Waals surface area contributed by atoms with E-state index in [1.54, 1.807) is 6.07 Å². The molecule has 2 aliphatic carbocycles. The highest BCUT2D eigenvalue weighted by Crippen LogP contribution is 2.54. The lowest BCUT2D eigenvalue weighted by molar-refractivity contribution is -0.120. The van der Waals surface area contributed by atoms with Crippen LogP contribution in [-0.4, -0.2) is 23.3 Å². The van der Waals surface area contributed by atoms with E-state index in [0.29, 0.717) is 64.3 Å². The van der Waals surface area contributed by atoms with Crippen LogP contribution < -0.4 is 4.74 Å². The van der Waals surface area contributed by atoms with Crippen LogP contribution in [0, 0.1) is 14.4 Å². The van der Waals surface area contributed by atoms with Crippen LogP contribution in [-0.2, 0) is 14.3 Å². The van der Waals surface area contributed by atoms with Gasteiger partial charge in [-0.15, -0.1) is 0 Å². The molecule has 0 amide bonds. The first-order chi connectivity index (χ1) is 14.4. The van der Waals surface area contributed by atoms with Crippen LogP contribution >= 0.6 is 22.6 Å². The Morgan fingerprint density at radius 1 is 1.00 bits per heavy atom. The lowest BCUT2D eigenvalue weighted by atomic mass is 9.65. The molecule has 1 aliphatic heterocycles. The number of phenolic OH excluding ortho intramolecular Hbond substituents is 1. The van der Waals surface area contributed by atoms with E-state index in [4.69, 9.17) is 9.47 Å². The molecule has 0 saturated carbocycles. The van der Waals surface area contributed by atoms with Gasteiger partial charge in [0.15, 0.2) is 23.1 Å². The Balaban J connectivity index is 1.94. The average Bonchev–Trinajstić information content (AvgIpc) is 2.61. The zero-order valence-electron chi connectivity index (χ0n) is 18.7. The first-order valence-electron chi connectivity index (χ1n) is 10.8. The first kappa shape index (κ1) is 22.4. The van der Waals surface area contributed by atoms with Crippen molar-refractivity contribution in [2.45, 2.75) is 66.2 Å². The SMILES string of the molecule is CCOc1cc(C2C3=C(CC(C)(C)CC3=O)OC3=C2C(=O)CC(C)(C)C3)cc(I)c1O. The molecule has 0 atom stereocenters. The first-order valence-corrected chi connectivity index (χ1v) is 11.9. The molecule has 1 N–H and O–H groups in total. The van der Waals surface area contributed by atoms with E-state index < -0.39 is 5.92 Å². The fourth-order valence-corrected chi connectivity index (χ4v) is 5.66. The van der Waals surface area contributed by atoms with E-state index in [-0.39, 0.29) is 28.1 Å². The minimum absolute atomic E-state index is 0.0291. The molecular weight excluding hydrogens is 507 g/mol. The third-order valence-electron chi connectivity index (χ3n) is 6.27. The number of ketones is 2. The van der Waals surface area contributed by atoms with Crippen molar-refractivity contribution in [1.82, 2.24) is 0 Å². The number of allylic oxidation sites excluding steroid dienone is 4. The Hall–Kier alpha value is -1.83. The second kappa shape index (κ2) is 7.64. The number of rotatable bonds is 3. The van der Waals surface area contributed by atoms with Gasteiger partial charge in [0.1, 0.15) is 11.5 Å². The van der Waals surface area contributed by atoms with E-state index in [0.717, 1.165) is 5.56 Å². The van der Waals surface area contributed by atoms with E-state index in [1.807, 2.05) is 13.0 Å². The average molecular weight is 536 g/mol. The molecule has 31 heavy (non-hydrogen) atoms. The molecule has 0 spiro atoms. The molecule has 5 nitrogen and oxygen atoms in total. The fraction of sp³-hybridized carbons (Fsp3) is 0.520. The molecule has 0 fully saturated rings. The highest BCUT2D eigenvalue weighted by atomic mass is 127. The van der Waals surface area contributed by atoms with Gasteiger partial charge in [-0.1, -0.05) is 27.7 Å². The van der Waals surface area contributed by atoms with Gasteiger partial charge in [-0.05, 0) is 58.0 Å². The van der Waals surface area contributed by atoms with Gasteiger partial charge in [0.05, 0.1) is 10.2 Å². The molecule has 0 saturated heterocycles. The van der Waals surface area contributed by atoms with Crippen LogP contribution in [0.2, 0.25) is 0 Å². The maximum Gasteiger partial charge on any atom is 0.171 e. The van der Waals surface area contributed by atoms with Crippen molar-refractivity contribution in [2.75, 3.05) is 6.61 Å². The van der Waals surface area contributed by atoms with Crippen molar-refractivity contribution in [3.05, 3.63) is 43.9 Å². The van der Waals surface area contributed by atoms with Crippen molar-refractivity contribution in [3.8, 4) is 11.5 Å². The number of hydrogen-bond acceptors (Lipinski definition) is 5. The zero-order chi connectivity index (χ0) is 22.7. The molecule has 4 rings (SSSR count). The smallest absolute Gasteiger partial charge is 0.171 e. The van der Waals surface area contributed by atoms with Crippen LogP contribution in [0.25, 0.3) is 0 Å². The van der Waals surface area contributed by atoms with Crippen molar-refractivity contribution in [2.24, 2.45) is 10.8 Å². The summed E-state index contributed by atoms with van der Waals surface area (Å²) in [6, 6.07) is 3.62. The minimum atomic E-state index is -0.487. The summed E-state index contributed by atoms with van der Waals surface area (Å²) in [5, 5.41) is 10.4. The third-order valence-corrected chi connectivity index (χ3v) is 7.09. The van der Waals surface area contributed by atoms with E-state index in [9.17, 15) is 14.7 Å². The van der Waals surface area contributed by atoms with Gasteiger partial charge >= 0.3 is 0 Å². The van der Waals surface area contributed by atoms with Gasteiger partial charge in [-0.3, -0.25) is 9.59 Å². The van der Waals surface area contributed by atoms with Gasteiger partial charge in [-0.25, -0.2) is 0 Å². The minimum Gasteiger partial charge on any atom is -0.504 e. The van der Waals surface area contributed by atoms with E-state index >= 15 is 0 Å². The number of Topliss-reactive ketones (excluding diaryl/α,β-unsaturated/α-hetero) is 2. The van der Waals surface area contributed by atoms with Crippen LogP contribution in [0.1, 0.15) is 71.8 Å². The van der Waals surface area contributed by atoms with Crippen LogP contribution in [0.5, 0.6) is 11.5 Å². The Kier molecular flexibility index (Phi) is 5.51. The summed E-state index contributed by atoms with van der Waals surface area (Å²) in [4.78, 5) is 26.7. The molecule has 3 aliphatic rings. The summed E-state index contributed by atoms with van der Waals surface area (Å²) >= 11 is 2.07. The number of aromatic hydroxyl groups is 1. The highest BCUT2D eigenvalue weighted by Gasteiger charge is 2.48. The van der Waals surface area contributed by atoms with Crippen molar-refractivity contribution in [3.63, 3.8) is 0 Å². The molecule has 6 heteroatoms. The Bertz CT molecular complexity index is 992. The van der Waals surface area contributed by atoms with E-state index in [1.165, 1.54) is 0 Å². The number of benzene rings is 1. The molecule has 1 heterocycles. The standard InChI is InChI=1S/C25H29IO5/c1-6-30-17-8-13(7-14(26)23(17)29)20-21-15(27)9-24(2,3)11-18(21)31-19-12-25(4,5)10-16(28)22(19)20/h7-8,20,29H,6,9-12H2,1-5H3. The Labute approximate surface area is 197 Å². The van der Waals surface area contributed by atoms with Crippen molar-refractivity contribution in [1.29, 1.82) is 0 Å². The monoisotopic (exact) mass is 536 g/mol. The molecule has 1 aromatic carbocycles. The van der Waals surface area contributed by atoms with Gasteiger partial charge in [0.2, 0.25) is 0 Å². The number of carbonyl (C=O) groups is 2. The lowest BCUT2D eigenvalue weighted by Crippen LogP contribution is -2.37. The number of phenols is 1. The quantitative estimate of drug-likeness (QED) is 0.495. The normalized spacial score (nSPS) is 22.8. The molecule has 0 radical (unpaired) electrons. The maximum atomic E-state index is 13.3. The summed E-state index contributed by atoms with van der Waals surface area (Å²) in [5.74, 6) is 1.40. The highest BCUT2D eigenvalue weighted by molar-refractivity contribution is 14.1. The lowest BCUT2D eigenvalue weighted by Gasteiger charge is -2.42. The largest absolute Gasteiger partial charge is 0.504 e. The topological polar surface area (TPSA) is 72.8 Å². The number of halogens is 1. The molecule has 1 aromatic rings. The Morgan fingerprint density at radius 3 is 2.00 bits per heavy atom. The summed E-state index contributed by atoms with van der Waals surface area (Å²) in [6.07, 6.45) is 2.15. The number of hydrogen-bond donors (Lipinski definition) is 1. The summed E-state index contributed by atoms with van der Waals surface area (Å²) in [6.45, 7) is 10.6. The summed E-state index contributed by atoms with van der Waals surface area (Å²) < 4.78 is 12.6. The van der Waals surface area contributed by atoms with Crippen molar-refractivity contribution < 1.29 is 24.2 Å². The molecule has 166 valence electrons. The van der Waals surface area contributed by atoms with Crippen LogP contribution in [0.15, 0.2) is 34.8 Å². The van der Waals surface area contributed by atoms with Crippen LogP contribution in [0.4, 0.5) is 0 Å². The van der Waals surface area contributed by atoms with Crippen molar-refractivity contribution >= 4 is 34.2 Å². The van der Waals surface area contributed by atoms with Gasteiger partial charge in [0, 0.05) is 42.7 Å². The molecule has 0 bridgehead atoms. The second-order valence-electron chi connectivity index (χ2n) is 10.4. The number of ether oxygens (including phenoxy) is 2. The maximum absolute atomic E-state index is 13.3. The van der Waals surface area contributed by atoms with Gasteiger partial charge in [-0.2, -0.15) is 0 Å². The third kappa shape index (κ3) is 4.03. The van der Waals surface area contributed by atoms with Gasteiger partial charge < -0.3 is 14.6 Å². The summed E-state index contributed by atoms with van der Waals surface area (Å²) in [7, 11) is 0.